The van der Waals surface area contributed by atoms with E-state index in [1.807, 2.05) is 0 Å². The number of hydrogen-bond donors (Lipinski definition) is 1. The second-order valence-corrected chi connectivity index (χ2v) is 7.42. The monoisotopic (exact) mass is 255 g/mol. The van der Waals surface area contributed by atoms with Crippen molar-refractivity contribution in [3.05, 3.63) is 0 Å². The SMILES string of the molecule is CSC1CCCC1NC1CCCC(C(C)C)C1. The molecule has 4 unspecified atom stereocenters. The molecule has 0 spiro atoms. The minimum absolute atomic E-state index is 0.806. The van der Waals surface area contributed by atoms with E-state index < -0.39 is 0 Å². The molecule has 17 heavy (non-hydrogen) atoms. The molecule has 0 aromatic heterocycles. The summed E-state index contributed by atoms with van der Waals surface area (Å²) in [6.07, 6.45) is 12.3. The molecular weight excluding hydrogens is 226 g/mol. The molecule has 2 aliphatic carbocycles. The first-order valence-corrected chi connectivity index (χ1v) is 8.78. The van der Waals surface area contributed by atoms with Crippen molar-refractivity contribution in [2.24, 2.45) is 11.8 Å². The number of hydrogen-bond acceptors (Lipinski definition) is 2. The molecule has 2 rings (SSSR count). The van der Waals surface area contributed by atoms with Crippen molar-refractivity contribution in [2.45, 2.75) is 76.1 Å². The van der Waals surface area contributed by atoms with Crippen molar-refractivity contribution in [1.82, 2.24) is 5.32 Å². The third kappa shape index (κ3) is 3.64. The normalized spacial score (nSPS) is 38.8. The zero-order chi connectivity index (χ0) is 12.3. The van der Waals surface area contributed by atoms with Crippen LogP contribution in [0.25, 0.3) is 0 Å². The van der Waals surface area contributed by atoms with Gasteiger partial charge in [-0.3, -0.25) is 0 Å². The molecule has 1 nitrogen and oxygen atoms in total. The summed E-state index contributed by atoms with van der Waals surface area (Å²) < 4.78 is 0. The van der Waals surface area contributed by atoms with Gasteiger partial charge in [0.2, 0.25) is 0 Å². The van der Waals surface area contributed by atoms with Crippen LogP contribution in [0.3, 0.4) is 0 Å². The van der Waals surface area contributed by atoms with Gasteiger partial charge < -0.3 is 5.32 Å². The first-order valence-electron chi connectivity index (χ1n) is 7.49. The zero-order valence-corrected chi connectivity index (χ0v) is 12.6. The van der Waals surface area contributed by atoms with Gasteiger partial charge in [-0.2, -0.15) is 11.8 Å². The first-order chi connectivity index (χ1) is 8.20. The van der Waals surface area contributed by atoms with Crippen LogP contribution in [0.5, 0.6) is 0 Å². The molecule has 0 aromatic carbocycles. The Balaban J connectivity index is 1.82. The van der Waals surface area contributed by atoms with Gasteiger partial charge in [-0.05, 0) is 43.8 Å². The van der Waals surface area contributed by atoms with E-state index in [1.54, 1.807) is 0 Å². The van der Waals surface area contributed by atoms with Crippen LogP contribution in [0, 0.1) is 11.8 Å². The summed E-state index contributed by atoms with van der Waals surface area (Å²) in [5.41, 5.74) is 0. The van der Waals surface area contributed by atoms with E-state index in [4.69, 9.17) is 0 Å². The Hall–Kier alpha value is 0.310. The average molecular weight is 255 g/mol. The largest absolute Gasteiger partial charge is 0.310 e. The highest BCUT2D eigenvalue weighted by Crippen LogP contribution is 2.33. The van der Waals surface area contributed by atoms with Gasteiger partial charge in [0, 0.05) is 17.3 Å². The Morgan fingerprint density at radius 1 is 1.06 bits per heavy atom. The maximum Gasteiger partial charge on any atom is 0.0198 e. The molecule has 0 radical (unpaired) electrons. The molecule has 2 aliphatic rings. The molecule has 0 bridgehead atoms. The molecule has 0 aliphatic heterocycles. The number of thioether (sulfide) groups is 1. The van der Waals surface area contributed by atoms with Crippen LogP contribution in [0.2, 0.25) is 0 Å². The van der Waals surface area contributed by atoms with Gasteiger partial charge in [-0.1, -0.05) is 33.1 Å². The Morgan fingerprint density at radius 2 is 1.82 bits per heavy atom. The Bertz CT molecular complexity index is 229. The molecule has 1 N–H and O–H groups in total. The van der Waals surface area contributed by atoms with Crippen molar-refractivity contribution in [1.29, 1.82) is 0 Å². The van der Waals surface area contributed by atoms with E-state index in [2.05, 4.69) is 37.2 Å². The molecule has 2 heteroatoms. The lowest BCUT2D eigenvalue weighted by Crippen LogP contribution is -2.44. The Morgan fingerprint density at radius 3 is 2.53 bits per heavy atom. The van der Waals surface area contributed by atoms with Gasteiger partial charge in [-0.15, -0.1) is 0 Å². The highest BCUT2D eigenvalue weighted by atomic mass is 32.2. The zero-order valence-electron chi connectivity index (χ0n) is 11.7. The van der Waals surface area contributed by atoms with Gasteiger partial charge in [0.25, 0.3) is 0 Å². The van der Waals surface area contributed by atoms with Crippen molar-refractivity contribution in [3.63, 3.8) is 0 Å². The Labute approximate surface area is 112 Å². The number of nitrogens with one attached hydrogen (secondary N) is 1. The molecule has 2 saturated carbocycles. The first kappa shape index (κ1) is 13.7. The summed E-state index contributed by atoms with van der Waals surface area (Å²) >= 11 is 2.07. The lowest BCUT2D eigenvalue weighted by atomic mass is 9.79. The van der Waals surface area contributed by atoms with Crippen LogP contribution in [0.1, 0.15) is 58.8 Å². The van der Waals surface area contributed by atoms with Crippen molar-refractivity contribution < 1.29 is 0 Å². The molecular formula is C15H29NS. The summed E-state index contributed by atoms with van der Waals surface area (Å²) in [5.74, 6) is 1.84. The predicted octanol–water partition coefficient (Wildman–Crippen LogP) is 4.07. The van der Waals surface area contributed by atoms with E-state index in [0.29, 0.717) is 0 Å². The third-order valence-electron chi connectivity index (χ3n) is 4.86. The summed E-state index contributed by atoms with van der Waals surface area (Å²) in [4.78, 5) is 0. The maximum atomic E-state index is 3.98. The van der Waals surface area contributed by atoms with Crippen molar-refractivity contribution in [2.75, 3.05) is 6.26 Å². The summed E-state index contributed by atoms with van der Waals surface area (Å²) in [7, 11) is 0. The average Bonchev–Trinajstić information content (AvgIpc) is 2.76. The highest BCUT2D eigenvalue weighted by molar-refractivity contribution is 7.99. The van der Waals surface area contributed by atoms with Gasteiger partial charge >= 0.3 is 0 Å². The second-order valence-electron chi connectivity index (χ2n) is 6.35. The molecule has 2 fully saturated rings. The predicted molar refractivity (Wildman–Crippen MR) is 78.7 cm³/mol. The minimum Gasteiger partial charge on any atom is -0.310 e. The van der Waals surface area contributed by atoms with Crippen LogP contribution in [-0.4, -0.2) is 23.6 Å². The maximum absolute atomic E-state index is 3.98. The van der Waals surface area contributed by atoms with E-state index in [0.717, 1.165) is 29.2 Å². The van der Waals surface area contributed by atoms with Gasteiger partial charge in [0.15, 0.2) is 0 Å². The van der Waals surface area contributed by atoms with E-state index in [-0.39, 0.29) is 0 Å². The quantitative estimate of drug-likeness (QED) is 0.812. The van der Waals surface area contributed by atoms with Crippen LogP contribution >= 0.6 is 11.8 Å². The van der Waals surface area contributed by atoms with Crippen LogP contribution < -0.4 is 5.32 Å². The minimum atomic E-state index is 0.806. The number of rotatable bonds is 4. The standard InChI is InChI=1S/C15H29NS/c1-11(2)12-6-4-7-13(10-12)16-14-8-5-9-15(14)17-3/h11-16H,4-10H2,1-3H3. The molecule has 0 aromatic rings. The van der Waals surface area contributed by atoms with Gasteiger partial charge in [0.1, 0.15) is 0 Å². The molecule has 100 valence electrons. The van der Waals surface area contributed by atoms with Crippen LogP contribution in [0.15, 0.2) is 0 Å². The van der Waals surface area contributed by atoms with Crippen LogP contribution in [-0.2, 0) is 0 Å². The van der Waals surface area contributed by atoms with Gasteiger partial charge in [-0.25, -0.2) is 0 Å². The van der Waals surface area contributed by atoms with Crippen LogP contribution in [0.4, 0.5) is 0 Å². The smallest absolute Gasteiger partial charge is 0.0198 e. The molecule has 0 saturated heterocycles. The fourth-order valence-corrected chi connectivity index (χ4v) is 4.63. The lowest BCUT2D eigenvalue weighted by Gasteiger charge is -2.35. The molecule has 0 amide bonds. The highest BCUT2D eigenvalue weighted by Gasteiger charge is 2.31. The summed E-state index contributed by atoms with van der Waals surface area (Å²) in [6, 6.07) is 1.62. The van der Waals surface area contributed by atoms with Crippen molar-refractivity contribution >= 4 is 11.8 Å². The van der Waals surface area contributed by atoms with E-state index in [1.165, 1.54) is 44.9 Å². The summed E-state index contributed by atoms with van der Waals surface area (Å²) in [5, 5.41) is 4.87. The van der Waals surface area contributed by atoms with E-state index >= 15 is 0 Å². The van der Waals surface area contributed by atoms with E-state index in [9.17, 15) is 0 Å². The summed E-state index contributed by atoms with van der Waals surface area (Å²) in [6.45, 7) is 4.79. The molecule has 0 heterocycles. The third-order valence-corrected chi connectivity index (χ3v) is 6.03. The van der Waals surface area contributed by atoms with Gasteiger partial charge in [0.05, 0.1) is 0 Å². The molecule has 4 atom stereocenters. The fraction of sp³-hybridized carbons (Fsp3) is 1.00. The fourth-order valence-electron chi connectivity index (χ4n) is 3.69. The second kappa shape index (κ2) is 6.47. The Kier molecular flexibility index (Phi) is 5.23. The van der Waals surface area contributed by atoms with Crippen molar-refractivity contribution in [3.8, 4) is 0 Å². The lowest BCUT2D eigenvalue weighted by molar-refractivity contribution is 0.221. The topological polar surface area (TPSA) is 12.0 Å².